The first-order valence-corrected chi connectivity index (χ1v) is 7.85. The quantitative estimate of drug-likeness (QED) is 0.719. The fourth-order valence-corrected chi connectivity index (χ4v) is 3.77. The van der Waals surface area contributed by atoms with E-state index in [-0.39, 0.29) is 24.6 Å². The van der Waals surface area contributed by atoms with E-state index in [0.717, 1.165) is 4.31 Å². The molecule has 1 aromatic heterocycles. The third kappa shape index (κ3) is 3.18. The highest BCUT2D eigenvalue weighted by Crippen LogP contribution is 2.22. The molecule has 0 amide bonds. The van der Waals surface area contributed by atoms with Gasteiger partial charge in [-0.3, -0.25) is 9.48 Å². The van der Waals surface area contributed by atoms with E-state index in [0.29, 0.717) is 11.4 Å². The molecule has 0 N–H and O–H groups in total. The molecule has 8 heteroatoms. The van der Waals surface area contributed by atoms with E-state index < -0.39 is 16.0 Å². The van der Waals surface area contributed by atoms with E-state index in [1.165, 1.54) is 4.68 Å². The van der Waals surface area contributed by atoms with Gasteiger partial charge < -0.3 is 4.74 Å². The Kier molecular flexibility index (Phi) is 5.29. The summed E-state index contributed by atoms with van der Waals surface area (Å²) >= 11 is 0. The maximum absolute atomic E-state index is 12.6. The normalized spacial score (nSPS) is 11.9. The molecule has 0 bridgehead atoms. The second-order valence-corrected chi connectivity index (χ2v) is 6.23. The average molecular weight is 303 g/mol. The molecule has 1 aromatic rings. The summed E-state index contributed by atoms with van der Waals surface area (Å²) in [5.74, 6) is -0.558. The third-order valence-corrected chi connectivity index (χ3v) is 5.18. The minimum absolute atomic E-state index is 0.158. The van der Waals surface area contributed by atoms with Gasteiger partial charge in [0.15, 0.2) is 0 Å². The first-order chi connectivity index (χ1) is 9.25. The van der Waals surface area contributed by atoms with E-state index in [2.05, 4.69) is 5.10 Å². The molecule has 0 aliphatic rings. The van der Waals surface area contributed by atoms with Crippen LogP contribution in [0.1, 0.15) is 25.2 Å². The van der Waals surface area contributed by atoms with Crippen LogP contribution in [0.4, 0.5) is 0 Å². The monoisotopic (exact) mass is 303 g/mol. The van der Waals surface area contributed by atoms with Gasteiger partial charge in [0.05, 0.1) is 18.0 Å². The van der Waals surface area contributed by atoms with Crippen molar-refractivity contribution in [1.29, 1.82) is 0 Å². The summed E-state index contributed by atoms with van der Waals surface area (Å²) in [6.45, 7) is 6.80. The standard InChI is InChI=1S/C12H21N3O4S/c1-6-15(8-11(16)19-7-2)20(17,18)12-9(3)13-14(5)10(12)4/h6-8H2,1-5H3. The summed E-state index contributed by atoms with van der Waals surface area (Å²) in [4.78, 5) is 11.7. The van der Waals surface area contributed by atoms with Gasteiger partial charge in [-0.15, -0.1) is 0 Å². The highest BCUT2D eigenvalue weighted by molar-refractivity contribution is 7.89. The number of rotatable bonds is 6. The molecular weight excluding hydrogens is 282 g/mol. The van der Waals surface area contributed by atoms with Crippen molar-refractivity contribution in [1.82, 2.24) is 14.1 Å². The summed E-state index contributed by atoms with van der Waals surface area (Å²) in [5, 5.41) is 4.10. The lowest BCUT2D eigenvalue weighted by molar-refractivity contribution is -0.143. The molecule has 0 aliphatic heterocycles. The zero-order valence-electron chi connectivity index (χ0n) is 12.5. The number of sulfonamides is 1. The molecule has 0 aromatic carbocycles. The second kappa shape index (κ2) is 6.36. The highest BCUT2D eigenvalue weighted by Gasteiger charge is 2.31. The summed E-state index contributed by atoms with van der Waals surface area (Å²) < 4.78 is 32.7. The molecule has 1 heterocycles. The smallest absolute Gasteiger partial charge is 0.321 e. The summed E-state index contributed by atoms with van der Waals surface area (Å²) in [5.41, 5.74) is 0.970. The number of aromatic nitrogens is 2. The van der Waals surface area contributed by atoms with Crippen molar-refractivity contribution in [3.63, 3.8) is 0 Å². The molecule has 0 radical (unpaired) electrons. The third-order valence-electron chi connectivity index (χ3n) is 3.00. The van der Waals surface area contributed by atoms with E-state index in [1.54, 1.807) is 34.7 Å². The van der Waals surface area contributed by atoms with Crippen LogP contribution < -0.4 is 0 Å². The number of hydrogen-bond donors (Lipinski definition) is 0. The van der Waals surface area contributed by atoms with Crippen molar-refractivity contribution in [2.45, 2.75) is 32.6 Å². The second-order valence-electron chi connectivity index (χ2n) is 4.36. The molecule has 0 unspecified atom stereocenters. The Balaban J connectivity index is 3.16. The number of carbonyl (C=O) groups is 1. The molecule has 20 heavy (non-hydrogen) atoms. The van der Waals surface area contributed by atoms with Crippen LogP contribution >= 0.6 is 0 Å². The Hall–Kier alpha value is -1.41. The van der Waals surface area contributed by atoms with Crippen molar-refractivity contribution >= 4 is 16.0 Å². The van der Waals surface area contributed by atoms with Crippen LogP contribution in [-0.4, -0.2) is 48.2 Å². The lowest BCUT2D eigenvalue weighted by Crippen LogP contribution is -2.36. The lowest BCUT2D eigenvalue weighted by atomic mass is 10.4. The minimum Gasteiger partial charge on any atom is -0.465 e. The Morgan fingerprint density at radius 1 is 1.35 bits per heavy atom. The maximum Gasteiger partial charge on any atom is 0.321 e. The van der Waals surface area contributed by atoms with Gasteiger partial charge in [0.25, 0.3) is 0 Å². The van der Waals surface area contributed by atoms with Crippen LogP contribution in [0.5, 0.6) is 0 Å². The van der Waals surface area contributed by atoms with Gasteiger partial charge >= 0.3 is 5.97 Å². The molecule has 7 nitrogen and oxygen atoms in total. The van der Waals surface area contributed by atoms with Gasteiger partial charge in [0, 0.05) is 13.6 Å². The number of esters is 1. The van der Waals surface area contributed by atoms with E-state index in [9.17, 15) is 13.2 Å². The van der Waals surface area contributed by atoms with E-state index in [1.807, 2.05) is 0 Å². The van der Waals surface area contributed by atoms with Gasteiger partial charge in [-0.1, -0.05) is 6.92 Å². The lowest BCUT2D eigenvalue weighted by Gasteiger charge is -2.19. The Labute approximate surface area is 119 Å². The Morgan fingerprint density at radius 2 is 1.95 bits per heavy atom. The van der Waals surface area contributed by atoms with Gasteiger partial charge in [-0.05, 0) is 20.8 Å². The number of ether oxygens (including phenoxy) is 1. The largest absolute Gasteiger partial charge is 0.465 e. The fraction of sp³-hybridized carbons (Fsp3) is 0.667. The number of likely N-dealkylation sites (N-methyl/N-ethyl adjacent to an activating group) is 1. The van der Waals surface area contributed by atoms with Gasteiger partial charge in [0.2, 0.25) is 10.0 Å². The highest BCUT2D eigenvalue weighted by atomic mass is 32.2. The molecule has 0 spiro atoms. The molecule has 0 aliphatic carbocycles. The molecule has 114 valence electrons. The molecule has 0 atom stereocenters. The van der Waals surface area contributed by atoms with Gasteiger partial charge in [0.1, 0.15) is 11.4 Å². The van der Waals surface area contributed by atoms with Gasteiger partial charge in [-0.2, -0.15) is 9.40 Å². The Bertz CT molecular complexity index is 592. The van der Waals surface area contributed by atoms with E-state index in [4.69, 9.17) is 4.74 Å². The van der Waals surface area contributed by atoms with Crippen LogP contribution in [0.25, 0.3) is 0 Å². The fourth-order valence-electron chi connectivity index (χ4n) is 1.97. The van der Waals surface area contributed by atoms with Crippen molar-refractivity contribution in [2.24, 2.45) is 7.05 Å². The van der Waals surface area contributed by atoms with Crippen molar-refractivity contribution < 1.29 is 17.9 Å². The maximum atomic E-state index is 12.6. The summed E-state index contributed by atoms with van der Waals surface area (Å²) in [7, 11) is -2.07. The van der Waals surface area contributed by atoms with Gasteiger partial charge in [-0.25, -0.2) is 8.42 Å². The zero-order chi connectivity index (χ0) is 15.5. The van der Waals surface area contributed by atoms with Crippen molar-refractivity contribution in [2.75, 3.05) is 19.7 Å². The molecule has 0 saturated carbocycles. The number of hydrogen-bond acceptors (Lipinski definition) is 5. The zero-order valence-corrected chi connectivity index (χ0v) is 13.3. The first-order valence-electron chi connectivity index (χ1n) is 6.41. The predicted octanol–water partition coefficient (Wildman–Crippen LogP) is 0.611. The first kappa shape index (κ1) is 16.6. The van der Waals surface area contributed by atoms with Crippen LogP contribution in [0.3, 0.4) is 0 Å². The Morgan fingerprint density at radius 3 is 2.35 bits per heavy atom. The number of nitrogens with zero attached hydrogens (tertiary/aromatic N) is 3. The topological polar surface area (TPSA) is 81.5 Å². The predicted molar refractivity (Wildman–Crippen MR) is 73.7 cm³/mol. The molecular formula is C12H21N3O4S. The van der Waals surface area contributed by atoms with Crippen LogP contribution in [-0.2, 0) is 26.6 Å². The average Bonchev–Trinajstić information content (AvgIpc) is 2.60. The SMILES string of the molecule is CCOC(=O)CN(CC)S(=O)(=O)c1c(C)nn(C)c1C. The van der Waals surface area contributed by atoms with Crippen molar-refractivity contribution in [3.8, 4) is 0 Å². The van der Waals surface area contributed by atoms with E-state index >= 15 is 0 Å². The summed E-state index contributed by atoms with van der Waals surface area (Å²) in [6, 6.07) is 0. The molecule has 0 fully saturated rings. The van der Waals surface area contributed by atoms with Crippen molar-refractivity contribution in [3.05, 3.63) is 11.4 Å². The number of carbonyl (C=O) groups excluding carboxylic acids is 1. The summed E-state index contributed by atoms with van der Waals surface area (Å²) in [6.07, 6.45) is 0. The van der Waals surface area contributed by atoms with Crippen LogP contribution in [0.2, 0.25) is 0 Å². The van der Waals surface area contributed by atoms with Crippen LogP contribution in [0.15, 0.2) is 4.90 Å². The minimum atomic E-state index is -3.76. The van der Waals surface area contributed by atoms with Crippen LogP contribution in [0, 0.1) is 13.8 Å². The molecule has 0 saturated heterocycles. The molecule has 1 rings (SSSR count). The number of aryl methyl sites for hydroxylation is 2.